The first-order chi connectivity index (χ1) is 9.97. The third kappa shape index (κ3) is 8.77. The van der Waals surface area contributed by atoms with Gasteiger partial charge in [-0.25, -0.2) is 0 Å². The van der Waals surface area contributed by atoms with Crippen molar-refractivity contribution in [2.45, 2.75) is 53.4 Å². The molecule has 0 aromatic heterocycles. The minimum Gasteiger partial charge on any atom is -0.399 e. The fraction of sp³-hybridized carbons (Fsp3) is 0.684. The fourth-order valence-corrected chi connectivity index (χ4v) is 2.41. The maximum absolute atomic E-state index is 5.73. The first-order valence-corrected chi connectivity index (χ1v) is 8.54. The normalized spacial score (nSPS) is 11.8. The summed E-state index contributed by atoms with van der Waals surface area (Å²) >= 11 is 0. The summed E-state index contributed by atoms with van der Waals surface area (Å²) < 4.78 is 0. The van der Waals surface area contributed by atoms with Crippen molar-refractivity contribution in [3.05, 3.63) is 29.8 Å². The molecule has 0 bridgehead atoms. The minimum absolute atomic E-state index is 0.795. The smallest absolute Gasteiger partial charge is 0.0314 e. The monoisotopic (exact) mass is 290 g/mol. The van der Waals surface area contributed by atoms with Gasteiger partial charge in [-0.05, 0) is 74.8 Å². The highest BCUT2D eigenvalue weighted by atomic mass is 15.1. The first kappa shape index (κ1) is 18.0. The van der Waals surface area contributed by atoms with Crippen molar-refractivity contribution in [2.24, 2.45) is 11.8 Å². The van der Waals surface area contributed by atoms with Crippen LogP contribution < -0.4 is 5.73 Å². The van der Waals surface area contributed by atoms with Crippen molar-refractivity contribution in [3.8, 4) is 0 Å². The van der Waals surface area contributed by atoms with Gasteiger partial charge < -0.3 is 10.6 Å². The van der Waals surface area contributed by atoms with Gasteiger partial charge in [0.05, 0.1) is 0 Å². The van der Waals surface area contributed by atoms with Crippen LogP contribution in [-0.4, -0.2) is 24.5 Å². The van der Waals surface area contributed by atoms with Crippen LogP contribution in [0, 0.1) is 11.8 Å². The third-order valence-electron chi connectivity index (χ3n) is 3.96. The Bertz CT molecular complexity index is 356. The molecular weight excluding hydrogens is 256 g/mol. The van der Waals surface area contributed by atoms with E-state index in [2.05, 4.69) is 44.7 Å². The molecule has 21 heavy (non-hydrogen) atoms. The van der Waals surface area contributed by atoms with E-state index in [1.54, 1.807) is 0 Å². The standard InChI is InChI=1S/C19H34N2/c1-16(2)11-14-21(15-12-17(3)4)13-5-6-18-7-9-19(20)10-8-18/h7-10,16-17H,5-6,11-15,20H2,1-4H3. The van der Waals surface area contributed by atoms with E-state index in [-0.39, 0.29) is 0 Å². The molecule has 1 rings (SSSR count). The van der Waals surface area contributed by atoms with Gasteiger partial charge in [0.1, 0.15) is 0 Å². The van der Waals surface area contributed by atoms with Gasteiger partial charge in [0.15, 0.2) is 0 Å². The first-order valence-electron chi connectivity index (χ1n) is 8.54. The summed E-state index contributed by atoms with van der Waals surface area (Å²) in [5.41, 5.74) is 7.99. The van der Waals surface area contributed by atoms with Crippen LogP contribution in [0.1, 0.15) is 52.5 Å². The lowest BCUT2D eigenvalue weighted by Gasteiger charge is -2.24. The number of anilines is 1. The van der Waals surface area contributed by atoms with Gasteiger partial charge in [0, 0.05) is 5.69 Å². The van der Waals surface area contributed by atoms with E-state index in [4.69, 9.17) is 5.73 Å². The number of aryl methyl sites for hydroxylation is 1. The molecule has 2 N–H and O–H groups in total. The van der Waals surface area contributed by atoms with Gasteiger partial charge in [0.2, 0.25) is 0 Å². The summed E-state index contributed by atoms with van der Waals surface area (Å²) in [4.78, 5) is 2.65. The molecule has 0 fully saturated rings. The second-order valence-electron chi connectivity index (χ2n) is 7.05. The van der Waals surface area contributed by atoms with Crippen molar-refractivity contribution >= 4 is 5.69 Å². The van der Waals surface area contributed by atoms with E-state index in [0.717, 1.165) is 23.9 Å². The molecule has 0 aliphatic heterocycles. The van der Waals surface area contributed by atoms with Crippen molar-refractivity contribution in [1.82, 2.24) is 4.90 Å². The Kier molecular flexibility index (Phi) is 8.44. The number of hydrogen-bond acceptors (Lipinski definition) is 2. The maximum Gasteiger partial charge on any atom is 0.0314 e. The van der Waals surface area contributed by atoms with Gasteiger partial charge in [-0.15, -0.1) is 0 Å². The largest absolute Gasteiger partial charge is 0.399 e. The quantitative estimate of drug-likeness (QED) is 0.638. The second kappa shape index (κ2) is 9.83. The van der Waals surface area contributed by atoms with Gasteiger partial charge in [-0.2, -0.15) is 0 Å². The fourth-order valence-electron chi connectivity index (χ4n) is 2.41. The molecule has 0 radical (unpaired) electrons. The summed E-state index contributed by atoms with van der Waals surface area (Å²) in [6, 6.07) is 8.32. The summed E-state index contributed by atoms with van der Waals surface area (Å²) in [6.07, 6.45) is 5.00. The molecule has 0 atom stereocenters. The lowest BCUT2D eigenvalue weighted by Crippen LogP contribution is -2.29. The molecule has 1 aromatic carbocycles. The third-order valence-corrected chi connectivity index (χ3v) is 3.96. The van der Waals surface area contributed by atoms with E-state index in [9.17, 15) is 0 Å². The number of hydrogen-bond donors (Lipinski definition) is 1. The molecule has 1 aromatic rings. The summed E-state index contributed by atoms with van der Waals surface area (Å²) in [6.45, 7) is 13.0. The van der Waals surface area contributed by atoms with Crippen LogP contribution in [0.15, 0.2) is 24.3 Å². The van der Waals surface area contributed by atoms with Gasteiger partial charge in [-0.3, -0.25) is 0 Å². The molecule has 0 amide bonds. The predicted molar refractivity (Wildman–Crippen MR) is 94.5 cm³/mol. The van der Waals surface area contributed by atoms with Crippen LogP contribution in [0.5, 0.6) is 0 Å². The van der Waals surface area contributed by atoms with Crippen molar-refractivity contribution in [3.63, 3.8) is 0 Å². The predicted octanol–water partition coefficient (Wildman–Crippen LogP) is 4.60. The highest BCUT2D eigenvalue weighted by Crippen LogP contribution is 2.10. The summed E-state index contributed by atoms with van der Waals surface area (Å²) in [5, 5.41) is 0. The lowest BCUT2D eigenvalue weighted by atomic mass is 10.1. The van der Waals surface area contributed by atoms with Gasteiger partial charge >= 0.3 is 0 Å². The zero-order valence-electron chi connectivity index (χ0n) is 14.4. The molecule has 0 unspecified atom stereocenters. The molecule has 120 valence electrons. The number of nitrogens with two attached hydrogens (primary N) is 1. The Morgan fingerprint density at radius 2 is 1.38 bits per heavy atom. The number of benzene rings is 1. The zero-order valence-corrected chi connectivity index (χ0v) is 14.4. The Morgan fingerprint density at radius 3 is 1.86 bits per heavy atom. The van der Waals surface area contributed by atoms with Crippen molar-refractivity contribution < 1.29 is 0 Å². The average molecular weight is 290 g/mol. The summed E-state index contributed by atoms with van der Waals surface area (Å²) in [7, 11) is 0. The van der Waals surface area contributed by atoms with Gasteiger partial charge in [0.25, 0.3) is 0 Å². The van der Waals surface area contributed by atoms with Crippen molar-refractivity contribution in [2.75, 3.05) is 25.4 Å². The van der Waals surface area contributed by atoms with Gasteiger partial charge in [-0.1, -0.05) is 39.8 Å². The van der Waals surface area contributed by atoms with Crippen molar-refractivity contribution in [1.29, 1.82) is 0 Å². The zero-order chi connectivity index (χ0) is 15.7. The van der Waals surface area contributed by atoms with E-state index in [1.807, 2.05) is 12.1 Å². The molecule has 2 nitrogen and oxygen atoms in total. The number of nitrogens with zero attached hydrogens (tertiary/aromatic N) is 1. The minimum atomic E-state index is 0.795. The maximum atomic E-state index is 5.73. The molecule has 0 aliphatic carbocycles. The van der Waals surface area contributed by atoms with E-state index >= 15 is 0 Å². The molecule has 2 heteroatoms. The molecule has 0 saturated carbocycles. The molecule has 0 heterocycles. The molecule has 0 saturated heterocycles. The number of rotatable bonds is 10. The van der Waals surface area contributed by atoms with E-state index in [0.29, 0.717) is 0 Å². The Morgan fingerprint density at radius 1 is 0.857 bits per heavy atom. The van der Waals surface area contributed by atoms with Crippen LogP contribution in [0.3, 0.4) is 0 Å². The Labute approximate surface area is 131 Å². The Hall–Kier alpha value is -1.02. The van der Waals surface area contributed by atoms with Crippen LogP contribution in [-0.2, 0) is 6.42 Å². The van der Waals surface area contributed by atoms with Crippen LogP contribution >= 0.6 is 0 Å². The van der Waals surface area contributed by atoms with Crippen LogP contribution in [0.4, 0.5) is 5.69 Å². The van der Waals surface area contributed by atoms with E-state index in [1.165, 1.54) is 44.5 Å². The Balaban J connectivity index is 2.34. The topological polar surface area (TPSA) is 29.3 Å². The highest BCUT2D eigenvalue weighted by Gasteiger charge is 2.07. The average Bonchev–Trinajstić information content (AvgIpc) is 2.43. The summed E-state index contributed by atoms with van der Waals surface area (Å²) in [5.74, 6) is 1.59. The second-order valence-corrected chi connectivity index (χ2v) is 7.05. The van der Waals surface area contributed by atoms with E-state index < -0.39 is 0 Å². The highest BCUT2D eigenvalue weighted by molar-refractivity contribution is 5.39. The molecular formula is C19H34N2. The lowest BCUT2D eigenvalue weighted by molar-refractivity contribution is 0.241. The molecule has 0 spiro atoms. The molecule has 0 aliphatic rings. The van der Waals surface area contributed by atoms with Crippen LogP contribution in [0.25, 0.3) is 0 Å². The SMILES string of the molecule is CC(C)CCN(CCCc1ccc(N)cc1)CCC(C)C. The number of nitrogen functional groups attached to an aromatic ring is 1. The van der Waals surface area contributed by atoms with Crippen LogP contribution in [0.2, 0.25) is 0 Å².